The number of fused-ring (bicyclic) bond motifs is 1. The van der Waals surface area contributed by atoms with Gasteiger partial charge in [0.05, 0.1) is 6.10 Å². The number of likely N-dealkylation sites (tertiary alicyclic amines) is 1. The lowest BCUT2D eigenvalue weighted by Gasteiger charge is -2.31. The lowest BCUT2D eigenvalue weighted by atomic mass is 10.0. The number of ether oxygens (including phenoxy) is 2. The Kier molecular flexibility index (Phi) is 2.67. The molecule has 0 aliphatic carbocycles. The van der Waals surface area contributed by atoms with Gasteiger partial charge in [-0.1, -0.05) is 0 Å². The van der Waals surface area contributed by atoms with Crippen LogP contribution in [0.4, 0.5) is 0 Å². The molecule has 1 fully saturated rings. The van der Waals surface area contributed by atoms with Crippen LogP contribution in [-0.2, 0) is 0 Å². The molecular weight excluding hydrogens is 246 g/mol. The van der Waals surface area contributed by atoms with Crippen LogP contribution in [-0.4, -0.2) is 40.9 Å². The van der Waals surface area contributed by atoms with E-state index in [-0.39, 0.29) is 18.2 Å². The molecule has 0 bridgehead atoms. The Labute approximate surface area is 111 Å². The Balaban J connectivity index is 1.88. The van der Waals surface area contributed by atoms with E-state index in [4.69, 9.17) is 9.47 Å². The lowest BCUT2D eigenvalue weighted by Crippen LogP contribution is -2.42. The van der Waals surface area contributed by atoms with E-state index >= 15 is 0 Å². The van der Waals surface area contributed by atoms with Gasteiger partial charge < -0.3 is 19.5 Å². The Hall–Kier alpha value is -1.75. The number of hydrogen-bond acceptors (Lipinski definition) is 4. The van der Waals surface area contributed by atoms with Gasteiger partial charge in [-0.2, -0.15) is 0 Å². The first-order valence-corrected chi connectivity index (χ1v) is 6.37. The SMILES string of the molecule is CC1(C)CC(O)CN1C(=O)c1ccc2c(c1)OCO2. The number of carbonyl (C=O) groups excluding carboxylic acids is 1. The van der Waals surface area contributed by atoms with Gasteiger partial charge in [-0.3, -0.25) is 4.79 Å². The van der Waals surface area contributed by atoms with E-state index in [1.807, 2.05) is 13.8 Å². The van der Waals surface area contributed by atoms with Crippen molar-refractivity contribution in [3.05, 3.63) is 23.8 Å². The van der Waals surface area contributed by atoms with Crippen molar-refractivity contribution >= 4 is 5.91 Å². The van der Waals surface area contributed by atoms with E-state index in [1.165, 1.54) is 0 Å². The number of hydrogen-bond donors (Lipinski definition) is 1. The van der Waals surface area contributed by atoms with Crippen molar-refractivity contribution in [2.24, 2.45) is 0 Å². The number of rotatable bonds is 1. The number of carbonyl (C=O) groups is 1. The van der Waals surface area contributed by atoms with Gasteiger partial charge >= 0.3 is 0 Å². The van der Waals surface area contributed by atoms with Gasteiger partial charge in [0.25, 0.3) is 5.91 Å². The van der Waals surface area contributed by atoms with Crippen LogP contribution in [0.5, 0.6) is 11.5 Å². The molecule has 3 rings (SSSR count). The highest BCUT2D eigenvalue weighted by Crippen LogP contribution is 2.35. The second kappa shape index (κ2) is 4.13. The number of nitrogens with zero attached hydrogens (tertiary/aromatic N) is 1. The molecule has 1 unspecified atom stereocenters. The number of aliphatic hydroxyl groups is 1. The molecule has 102 valence electrons. The third kappa shape index (κ3) is 2.04. The highest BCUT2D eigenvalue weighted by Gasteiger charge is 2.40. The normalized spacial score (nSPS) is 23.7. The zero-order chi connectivity index (χ0) is 13.6. The van der Waals surface area contributed by atoms with Gasteiger partial charge in [-0.05, 0) is 38.5 Å². The first kappa shape index (κ1) is 12.3. The predicted octanol–water partition coefficient (Wildman–Crippen LogP) is 1.40. The minimum absolute atomic E-state index is 0.0835. The fourth-order valence-electron chi connectivity index (χ4n) is 2.75. The Bertz CT molecular complexity index is 526. The zero-order valence-corrected chi connectivity index (χ0v) is 11.0. The quantitative estimate of drug-likeness (QED) is 0.832. The van der Waals surface area contributed by atoms with Gasteiger partial charge in [0.1, 0.15) is 0 Å². The Morgan fingerprint density at radius 2 is 2.11 bits per heavy atom. The van der Waals surface area contributed by atoms with Crippen LogP contribution in [0.3, 0.4) is 0 Å². The summed E-state index contributed by atoms with van der Waals surface area (Å²) in [4.78, 5) is 14.2. The number of benzene rings is 1. The molecule has 1 saturated heterocycles. The molecule has 1 N–H and O–H groups in total. The summed E-state index contributed by atoms with van der Waals surface area (Å²) in [6.07, 6.45) is 0.150. The van der Waals surface area contributed by atoms with Crippen LogP contribution in [0.2, 0.25) is 0 Å². The summed E-state index contributed by atoms with van der Waals surface area (Å²) in [5.41, 5.74) is 0.235. The van der Waals surface area contributed by atoms with Crippen molar-refractivity contribution in [3.8, 4) is 11.5 Å². The zero-order valence-electron chi connectivity index (χ0n) is 11.0. The topological polar surface area (TPSA) is 59.0 Å². The maximum atomic E-state index is 12.5. The Morgan fingerprint density at radius 3 is 2.79 bits per heavy atom. The highest BCUT2D eigenvalue weighted by molar-refractivity contribution is 5.95. The Morgan fingerprint density at radius 1 is 1.37 bits per heavy atom. The summed E-state index contributed by atoms with van der Waals surface area (Å²) in [7, 11) is 0. The third-order valence-electron chi connectivity index (χ3n) is 3.72. The first-order chi connectivity index (χ1) is 8.97. The smallest absolute Gasteiger partial charge is 0.254 e. The van der Waals surface area contributed by atoms with Crippen molar-refractivity contribution in [2.75, 3.05) is 13.3 Å². The van der Waals surface area contributed by atoms with Crippen molar-refractivity contribution in [2.45, 2.75) is 31.9 Å². The summed E-state index contributed by atoms with van der Waals surface area (Å²) >= 11 is 0. The van der Waals surface area contributed by atoms with E-state index in [1.54, 1.807) is 23.1 Å². The monoisotopic (exact) mass is 263 g/mol. The minimum Gasteiger partial charge on any atom is -0.454 e. The fraction of sp³-hybridized carbons (Fsp3) is 0.500. The third-order valence-corrected chi connectivity index (χ3v) is 3.72. The standard InChI is InChI=1S/C14H17NO4/c1-14(2)6-10(16)7-15(14)13(17)9-3-4-11-12(5-9)19-8-18-11/h3-5,10,16H,6-8H2,1-2H3. The molecule has 2 aliphatic heterocycles. The molecule has 1 amide bonds. The molecular formula is C14H17NO4. The molecule has 0 saturated carbocycles. The summed E-state index contributed by atoms with van der Waals surface area (Å²) in [6, 6.07) is 5.18. The predicted molar refractivity (Wildman–Crippen MR) is 68.3 cm³/mol. The van der Waals surface area contributed by atoms with Crippen molar-refractivity contribution in [3.63, 3.8) is 0 Å². The lowest BCUT2D eigenvalue weighted by molar-refractivity contribution is 0.0641. The molecule has 2 heterocycles. The summed E-state index contributed by atoms with van der Waals surface area (Å²) in [5, 5.41) is 9.75. The van der Waals surface area contributed by atoms with Crippen LogP contribution in [0, 0.1) is 0 Å². The molecule has 0 aromatic heterocycles. The maximum absolute atomic E-state index is 12.5. The van der Waals surface area contributed by atoms with Gasteiger partial charge in [-0.25, -0.2) is 0 Å². The number of β-amino-alcohol motifs (C(OH)–C–C–N with tert-alkyl or cyclic N) is 1. The molecule has 19 heavy (non-hydrogen) atoms. The van der Waals surface area contributed by atoms with E-state index in [0.717, 1.165) is 0 Å². The summed E-state index contributed by atoms with van der Waals surface area (Å²) in [5.74, 6) is 1.18. The molecule has 0 radical (unpaired) electrons. The average Bonchev–Trinajstić information content (AvgIpc) is 2.90. The largest absolute Gasteiger partial charge is 0.454 e. The summed E-state index contributed by atoms with van der Waals surface area (Å²) in [6.45, 7) is 4.50. The first-order valence-electron chi connectivity index (χ1n) is 6.37. The fourth-order valence-corrected chi connectivity index (χ4v) is 2.75. The molecule has 2 aliphatic rings. The van der Waals surface area contributed by atoms with Crippen molar-refractivity contribution in [1.82, 2.24) is 4.90 Å². The van der Waals surface area contributed by atoms with Crippen LogP contribution >= 0.6 is 0 Å². The van der Waals surface area contributed by atoms with Crippen LogP contribution < -0.4 is 9.47 Å². The second-order valence-electron chi connectivity index (χ2n) is 5.65. The van der Waals surface area contributed by atoms with Gasteiger partial charge in [0, 0.05) is 17.6 Å². The molecule has 1 atom stereocenters. The molecule has 0 spiro atoms. The van der Waals surface area contributed by atoms with Gasteiger partial charge in [0.2, 0.25) is 6.79 Å². The number of aliphatic hydroxyl groups excluding tert-OH is 1. The number of amides is 1. The molecule has 1 aromatic carbocycles. The van der Waals surface area contributed by atoms with Crippen LogP contribution in [0.25, 0.3) is 0 Å². The van der Waals surface area contributed by atoms with E-state index in [0.29, 0.717) is 30.0 Å². The molecule has 5 nitrogen and oxygen atoms in total. The summed E-state index contributed by atoms with van der Waals surface area (Å²) < 4.78 is 10.5. The average molecular weight is 263 g/mol. The molecule has 1 aromatic rings. The van der Waals surface area contributed by atoms with Gasteiger partial charge in [0.15, 0.2) is 11.5 Å². The molecule has 5 heteroatoms. The van der Waals surface area contributed by atoms with Crippen molar-refractivity contribution < 1.29 is 19.4 Å². The van der Waals surface area contributed by atoms with E-state index in [2.05, 4.69) is 0 Å². The highest BCUT2D eigenvalue weighted by atomic mass is 16.7. The van der Waals surface area contributed by atoms with E-state index in [9.17, 15) is 9.90 Å². The van der Waals surface area contributed by atoms with Gasteiger partial charge in [-0.15, -0.1) is 0 Å². The maximum Gasteiger partial charge on any atom is 0.254 e. The second-order valence-corrected chi connectivity index (χ2v) is 5.65. The minimum atomic E-state index is -0.451. The van der Waals surface area contributed by atoms with E-state index < -0.39 is 6.10 Å². The van der Waals surface area contributed by atoms with Crippen LogP contribution in [0.1, 0.15) is 30.6 Å². The van der Waals surface area contributed by atoms with Crippen LogP contribution in [0.15, 0.2) is 18.2 Å². The van der Waals surface area contributed by atoms with Crippen molar-refractivity contribution in [1.29, 1.82) is 0 Å².